The van der Waals surface area contributed by atoms with E-state index in [0.717, 1.165) is 11.3 Å². The molecule has 0 fully saturated rings. The van der Waals surface area contributed by atoms with Crippen molar-refractivity contribution in [3.05, 3.63) is 59.1 Å². The lowest BCUT2D eigenvalue weighted by Gasteiger charge is -2.18. The van der Waals surface area contributed by atoms with E-state index in [1.165, 1.54) is 0 Å². The van der Waals surface area contributed by atoms with Crippen molar-refractivity contribution in [2.45, 2.75) is 6.92 Å². The summed E-state index contributed by atoms with van der Waals surface area (Å²) in [6.07, 6.45) is 0. The third-order valence-corrected chi connectivity index (χ3v) is 3.60. The molecule has 0 aliphatic heterocycles. The van der Waals surface area contributed by atoms with Crippen LogP contribution in [-0.2, 0) is 4.79 Å². The number of amides is 1. The van der Waals surface area contributed by atoms with Gasteiger partial charge in [-0.25, -0.2) is 0 Å². The SMILES string of the molecule is Cc1ccccc1OCC(=O)N(C)CCOc1cccc(Cl)c1. The van der Waals surface area contributed by atoms with Crippen LogP contribution in [0.5, 0.6) is 11.5 Å². The van der Waals surface area contributed by atoms with Gasteiger partial charge in [0.2, 0.25) is 0 Å². The Morgan fingerprint density at radius 3 is 2.65 bits per heavy atom. The highest BCUT2D eigenvalue weighted by atomic mass is 35.5. The third-order valence-electron chi connectivity index (χ3n) is 3.36. The number of carbonyl (C=O) groups excluding carboxylic acids is 1. The molecule has 0 unspecified atom stereocenters. The Labute approximate surface area is 141 Å². The normalized spacial score (nSPS) is 10.2. The van der Waals surface area contributed by atoms with Crippen LogP contribution in [-0.4, -0.2) is 37.6 Å². The van der Waals surface area contributed by atoms with Crippen LogP contribution in [0.1, 0.15) is 5.56 Å². The van der Waals surface area contributed by atoms with E-state index in [4.69, 9.17) is 21.1 Å². The smallest absolute Gasteiger partial charge is 0.260 e. The first-order chi connectivity index (χ1) is 11.1. The van der Waals surface area contributed by atoms with Crippen LogP contribution in [0.3, 0.4) is 0 Å². The zero-order valence-corrected chi connectivity index (χ0v) is 14.0. The maximum Gasteiger partial charge on any atom is 0.260 e. The highest BCUT2D eigenvalue weighted by Gasteiger charge is 2.10. The molecule has 0 saturated carbocycles. The van der Waals surface area contributed by atoms with Gasteiger partial charge in [0.15, 0.2) is 6.61 Å². The second-order valence-corrected chi connectivity index (χ2v) is 5.61. The molecule has 1 amide bonds. The summed E-state index contributed by atoms with van der Waals surface area (Å²) in [5.74, 6) is 1.32. The maximum atomic E-state index is 12.0. The number of ether oxygens (including phenoxy) is 2. The van der Waals surface area contributed by atoms with Gasteiger partial charge in [-0.2, -0.15) is 0 Å². The number of para-hydroxylation sites is 1. The lowest BCUT2D eigenvalue weighted by molar-refractivity contribution is -0.132. The highest BCUT2D eigenvalue weighted by molar-refractivity contribution is 6.30. The first kappa shape index (κ1) is 17.2. The van der Waals surface area contributed by atoms with Gasteiger partial charge in [-0.05, 0) is 36.8 Å². The van der Waals surface area contributed by atoms with Gasteiger partial charge in [0, 0.05) is 12.1 Å². The van der Waals surface area contributed by atoms with Gasteiger partial charge < -0.3 is 14.4 Å². The van der Waals surface area contributed by atoms with Crippen molar-refractivity contribution >= 4 is 17.5 Å². The molecule has 0 aliphatic carbocycles. The molecule has 0 heterocycles. The molecule has 0 saturated heterocycles. The average Bonchev–Trinajstić information content (AvgIpc) is 2.54. The third kappa shape index (κ3) is 5.49. The van der Waals surface area contributed by atoms with E-state index in [-0.39, 0.29) is 12.5 Å². The zero-order chi connectivity index (χ0) is 16.7. The molecular weight excluding hydrogens is 314 g/mol. The van der Waals surface area contributed by atoms with Crippen molar-refractivity contribution in [3.8, 4) is 11.5 Å². The Bertz CT molecular complexity index is 660. The average molecular weight is 334 g/mol. The van der Waals surface area contributed by atoms with E-state index in [1.54, 1.807) is 24.1 Å². The first-order valence-electron chi connectivity index (χ1n) is 7.37. The van der Waals surface area contributed by atoms with E-state index in [0.29, 0.717) is 23.9 Å². The minimum absolute atomic E-state index is 0.0124. The molecule has 2 aromatic rings. The predicted molar refractivity (Wildman–Crippen MR) is 91.3 cm³/mol. The number of benzene rings is 2. The predicted octanol–water partition coefficient (Wildman–Crippen LogP) is 3.56. The van der Waals surface area contributed by atoms with Crippen molar-refractivity contribution in [1.82, 2.24) is 4.90 Å². The van der Waals surface area contributed by atoms with Crippen LogP contribution in [0.2, 0.25) is 5.02 Å². The fourth-order valence-corrected chi connectivity index (χ4v) is 2.13. The second kappa shape index (κ2) is 8.44. The Hall–Kier alpha value is -2.20. The number of halogens is 1. The standard InChI is InChI=1S/C18H20ClNO3/c1-14-6-3-4-9-17(14)23-13-18(21)20(2)10-11-22-16-8-5-7-15(19)12-16/h3-9,12H,10-11,13H2,1-2H3. The quantitative estimate of drug-likeness (QED) is 0.777. The molecule has 0 radical (unpaired) electrons. The number of nitrogens with zero attached hydrogens (tertiary/aromatic N) is 1. The largest absolute Gasteiger partial charge is 0.492 e. The van der Waals surface area contributed by atoms with Gasteiger partial charge in [0.1, 0.15) is 18.1 Å². The molecule has 0 N–H and O–H groups in total. The molecule has 122 valence electrons. The van der Waals surface area contributed by atoms with Crippen LogP contribution in [0.15, 0.2) is 48.5 Å². The molecular formula is C18H20ClNO3. The Morgan fingerprint density at radius 2 is 1.91 bits per heavy atom. The summed E-state index contributed by atoms with van der Waals surface area (Å²) in [5, 5.41) is 0.624. The topological polar surface area (TPSA) is 38.8 Å². The summed E-state index contributed by atoms with van der Waals surface area (Å²) in [7, 11) is 1.73. The summed E-state index contributed by atoms with van der Waals surface area (Å²) in [4.78, 5) is 13.6. The van der Waals surface area contributed by atoms with E-state index in [2.05, 4.69) is 0 Å². The molecule has 2 rings (SSSR count). The second-order valence-electron chi connectivity index (χ2n) is 5.18. The van der Waals surface area contributed by atoms with Crippen LogP contribution in [0, 0.1) is 6.92 Å². The Morgan fingerprint density at radius 1 is 1.13 bits per heavy atom. The summed E-state index contributed by atoms with van der Waals surface area (Å²) in [6, 6.07) is 14.8. The van der Waals surface area contributed by atoms with Crippen molar-refractivity contribution in [3.63, 3.8) is 0 Å². The monoisotopic (exact) mass is 333 g/mol. The summed E-state index contributed by atoms with van der Waals surface area (Å²) >= 11 is 5.89. The molecule has 0 atom stereocenters. The number of hydrogen-bond acceptors (Lipinski definition) is 3. The van der Waals surface area contributed by atoms with Gasteiger partial charge in [0.05, 0.1) is 6.54 Å². The molecule has 0 bridgehead atoms. The first-order valence-corrected chi connectivity index (χ1v) is 7.75. The van der Waals surface area contributed by atoms with Gasteiger partial charge >= 0.3 is 0 Å². The minimum Gasteiger partial charge on any atom is -0.492 e. The zero-order valence-electron chi connectivity index (χ0n) is 13.3. The number of rotatable bonds is 7. The van der Waals surface area contributed by atoms with Gasteiger partial charge in [-0.15, -0.1) is 0 Å². The van der Waals surface area contributed by atoms with Crippen molar-refractivity contribution in [2.75, 3.05) is 26.8 Å². The van der Waals surface area contributed by atoms with Crippen molar-refractivity contribution < 1.29 is 14.3 Å². The van der Waals surface area contributed by atoms with Crippen LogP contribution in [0.4, 0.5) is 0 Å². The van der Waals surface area contributed by atoms with Crippen LogP contribution >= 0.6 is 11.6 Å². The molecule has 0 aliphatic rings. The Balaban J connectivity index is 1.73. The van der Waals surface area contributed by atoms with Crippen molar-refractivity contribution in [1.29, 1.82) is 0 Å². The lowest BCUT2D eigenvalue weighted by Crippen LogP contribution is -2.34. The summed E-state index contributed by atoms with van der Waals surface area (Å²) < 4.78 is 11.1. The highest BCUT2D eigenvalue weighted by Crippen LogP contribution is 2.17. The fraction of sp³-hybridized carbons (Fsp3) is 0.278. The van der Waals surface area contributed by atoms with Crippen molar-refractivity contribution in [2.24, 2.45) is 0 Å². The van der Waals surface area contributed by atoms with Crippen LogP contribution in [0.25, 0.3) is 0 Å². The number of carbonyl (C=O) groups is 1. The minimum atomic E-state index is -0.0945. The molecule has 5 heteroatoms. The van der Waals surface area contributed by atoms with Gasteiger partial charge in [-0.3, -0.25) is 4.79 Å². The molecule has 2 aromatic carbocycles. The van der Waals surface area contributed by atoms with Gasteiger partial charge in [0.25, 0.3) is 5.91 Å². The molecule has 4 nitrogen and oxygen atoms in total. The molecule has 23 heavy (non-hydrogen) atoms. The number of likely N-dealkylation sites (N-methyl/N-ethyl adjacent to an activating group) is 1. The molecule has 0 spiro atoms. The lowest BCUT2D eigenvalue weighted by atomic mass is 10.2. The van der Waals surface area contributed by atoms with E-state index < -0.39 is 0 Å². The summed E-state index contributed by atoms with van der Waals surface area (Å²) in [5.41, 5.74) is 1.01. The van der Waals surface area contributed by atoms with Gasteiger partial charge in [-0.1, -0.05) is 35.9 Å². The Kier molecular flexibility index (Phi) is 6.29. The molecule has 0 aromatic heterocycles. The number of hydrogen-bond donors (Lipinski definition) is 0. The van der Waals surface area contributed by atoms with E-state index in [1.807, 2.05) is 43.3 Å². The fourth-order valence-electron chi connectivity index (χ4n) is 1.95. The number of aryl methyl sites for hydroxylation is 1. The maximum absolute atomic E-state index is 12.0. The van der Waals surface area contributed by atoms with E-state index in [9.17, 15) is 4.79 Å². The summed E-state index contributed by atoms with van der Waals surface area (Å²) in [6.45, 7) is 2.83. The van der Waals surface area contributed by atoms with E-state index >= 15 is 0 Å². The van der Waals surface area contributed by atoms with Crippen LogP contribution < -0.4 is 9.47 Å².